The number of nitrogens with two attached hydrogens (primary N) is 1. The second-order valence-corrected chi connectivity index (χ2v) is 5.54. The first-order valence-corrected chi connectivity index (χ1v) is 7.84. The minimum absolute atomic E-state index is 0.0699. The van der Waals surface area contributed by atoms with Crippen LogP contribution in [0, 0.1) is 5.41 Å². The fourth-order valence-electron chi connectivity index (χ4n) is 2.43. The van der Waals surface area contributed by atoms with E-state index in [4.69, 9.17) is 5.73 Å². The maximum Gasteiger partial charge on any atom is 0.188 e. The molecule has 1 aromatic rings. The van der Waals surface area contributed by atoms with Gasteiger partial charge in [0.15, 0.2) is 5.96 Å². The molecule has 0 aliphatic heterocycles. The normalized spacial score (nSPS) is 12.4. The van der Waals surface area contributed by atoms with Crippen LogP contribution in [0.3, 0.4) is 0 Å². The van der Waals surface area contributed by atoms with Crippen LogP contribution in [0.5, 0.6) is 0 Å². The molecule has 0 heterocycles. The van der Waals surface area contributed by atoms with E-state index in [1.54, 1.807) is 0 Å². The van der Waals surface area contributed by atoms with Crippen LogP contribution in [-0.2, 0) is 6.42 Å². The Morgan fingerprint density at radius 3 is 2.48 bits per heavy atom. The summed E-state index contributed by atoms with van der Waals surface area (Å²) in [7, 11) is 0. The fraction of sp³-hybridized carbons (Fsp3) is 0.588. The van der Waals surface area contributed by atoms with Gasteiger partial charge in [0.1, 0.15) is 0 Å². The Labute approximate surface area is 128 Å². The lowest BCUT2D eigenvalue weighted by Gasteiger charge is -2.29. The summed E-state index contributed by atoms with van der Waals surface area (Å²) in [5, 5.41) is 12.4. The van der Waals surface area contributed by atoms with E-state index in [9.17, 15) is 5.11 Å². The molecule has 0 atom stereocenters. The summed E-state index contributed by atoms with van der Waals surface area (Å²) in [6.45, 7) is 5.95. The van der Waals surface area contributed by atoms with Crippen LogP contribution in [0.25, 0.3) is 0 Å². The lowest BCUT2D eigenvalue weighted by atomic mass is 9.79. The number of aliphatic hydroxyl groups excluding tert-OH is 1. The highest BCUT2D eigenvalue weighted by atomic mass is 16.3. The highest BCUT2D eigenvalue weighted by molar-refractivity contribution is 5.77. The van der Waals surface area contributed by atoms with Gasteiger partial charge < -0.3 is 16.2 Å². The molecule has 21 heavy (non-hydrogen) atoms. The molecule has 4 N–H and O–H groups in total. The standard InChI is InChI=1S/C17H29N3O/c1-3-17(4-2,11-13-21)14-20-16(18)19-12-10-15-8-6-5-7-9-15/h5-9,21H,3-4,10-14H2,1-2H3,(H3,18,19,20). The van der Waals surface area contributed by atoms with Gasteiger partial charge in [0.25, 0.3) is 0 Å². The van der Waals surface area contributed by atoms with Crippen molar-refractivity contribution in [1.29, 1.82) is 0 Å². The predicted molar refractivity (Wildman–Crippen MR) is 89.4 cm³/mol. The van der Waals surface area contributed by atoms with Crippen molar-refractivity contribution in [3.8, 4) is 0 Å². The largest absolute Gasteiger partial charge is 0.396 e. The summed E-state index contributed by atoms with van der Waals surface area (Å²) in [6, 6.07) is 10.3. The Balaban J connectivity index is 2.41. The highest BCUT2D eigenvalue weighted by Gasteiger charge is 2.25. The summed E-state index contributed by atoms with van der Waals surface area (Å²) in [6.07, 6.45) is 3.72. The molecule has 0 radical (unpaired) electrons. The lowest BCUT2D eigenvalue weighted by Crippen LogP contribution is -2.35. The van der Waals surface area contributed by atoms with Crippen LogP contribution in [0.1, 0.15) is 38.7 Å². The van der Waals surface area contributed by atoms with E-state index >= 15 is 0 Å². The van der Waals surface area contributed by atoms with Crippen LogP contribution >= 0.6 is 0 Å². The van der Waals surface area contributed by atoms with Gasteiger partial charge in [0.05, 0.1) is 0 Å². The first-order valence-electron chi connectivity index (χ1n) is 7.84. The van der Waals surface area contributed by atoms with E-state index in [2.05, 4.69) is 36.3 Å². The second kappa shape index (κ2) is 9.40. The summed E-state index contributed by atoms with van der Waals surface area (Å²) >= 11 is 0. The number of nitrogens with one attached hydrogen (secondary N) is 1. The van der Waals surface area contributed by atoms with E-state index < -0.39 is 0 Å². The lowest BCUT2D eigenvalue weighted by molar-refractivity contribution is 0.175. The zero-order valence-corrected chi connectivity index (χ0v) is 13.3. The molecule has 0 bridgehead atoms. The molecule has 0 fully saturated rings. The minimum Gasteiger partial charge on any atom is -0.396 e. The minimum atomic E-state index is 0.0699. The van der Waals surface area contributed by atoms with Crippen LogP contribution in [0.15, 0.2) is 35.3 Å². The Kier molecular flexibility index (Phi) is 7.83. The smallest absolute Gasteiger partial charge is 0.188 e. The molecular formula is C17H29N3O. The summed E-state index contributed by atoms with van der Waals surface area (Å²) in [5.41, 5.74) is 7.28. The highest BCUT2D eigenvalue weighted by Crippen LogP contribution is 2.30. The van der Waals surface area contributed by atoms with Gasteiger partial charge in [-0.05, 0) is 36.7 Å². The average Bonchev–Trinajstić information content (AvgIpc) is 2.52. The van der Waals surface area contributed by atoms with Gasteiger partial charge in [0.2, 0.25) is 0 Å². The predicted octanol–water partition coefficient (Wildman–Crippen LogP) is 2.32. The van der Waals surface area contributed by atoms with Crippen LogP contribution in [0.2, 0.25) is 0 Å². The molecule has 118 valence electrons. The molecule has 4 nitrogen and oxygen atoms in total. The van der Waals surface area contributed by atoms with E-state index in [1.165, 1.54) is 5.56 Å². The van der Waals surface area contributed by atoms with Gasteiger partial charge >= 0.3 is 0 Å². The third kappa shape index (κ3) is 6.17. The second-order valence-electron chi connectivity index (χ2n) is 5.54. The van der Waals surface area contributed by atoms with Crippen molar-refractivity contribution < 1.29 is 5.11 Å². The average molecular weight is 291 g/mol. The van der Waals surface area contributed by atoms with Crippen molar-refractivity contribution in [2.45, 2.75) is 39.5 Å². The molecule has 0 aromatic heterocycles. The zero-order valence-electron chi connectivity index (χ0n) is 13.3. The number of nitrogens with zero attached hydrogens (tertiary/aromatic N) is 1. The quantitative estimate of drug-likeness (QED) is 0.483. The molecule has 0 unspecified atom stereocenters. The molecule has 0 aliphatic carbocycles. The van der Waals surface area contributed by atoms with Crippen LogP contribution < -0.4 is 11.1 Å². The molecule has 0 saturated heterocycles. The van der Waals surface area contributed by atoms with E-state index in [1.807, 2.05) is 18.2 Å². The van der Waals surface area contributed by atoms with Crippen molar-refractivity contribution in [1.82, 2.24) is 5.32 Å². The SMILES string of the molecule is CCC(CC)(CCO)CN=C(N)NCCc1ccccc1. The van der Waals surface area contributed by atoms with Gasteiger partial charge in [-0.25, -0.2) is 0 Å². The van der Waals surface area contributed by atoms with Crippen LogP contribution in [-0.4, -0.2) is 30.8 Å². The Hall–Kier alpha value is -1.55. The number of rotatable bonds is 9. The van der Waals surface area contributed by atoms with Crippen molar-refractivity contribution in [3.63, 3.8) is 0 Å². The first kappa shape index (κ1) is 17.5. The van der Waals surface area contributed by atoms with Crippen LogP contribution in [0.4, 0.5) is 0 Å². The molecule has 0 amide bonds. The number of guanidine groups is 1. The van der Waals surface area contributed by atoms with Crippen molar-refractivity contribution in [3.05, 3.63) is 35.9 Å². The van der Waals surface area contributed by atoms with Gasteiger partial charge in [-0.3, -0.25) is 4.99 Å². The van der Waals surface area contributed by atoms with Crippen molar-refractivity contribution in [2.24, 2.45) is 16.1 Å². The molecule has 0 aliphatic rings. The van der Waals surface area contributed by atoms with E-state index in [-0.39, 0.29) is 12.0 Å². The Morgan fingerprint density at radius 1 is 1.24 bits per heavy atom. The molecule has 1 aromatic carbocycles. The molecule has 1 rings (SSSR count). The van der Waals surface area contributed by atoms with Crippen molar-refractivity contribution in [2.75, 3.05) is 19.7 Å². The summed E-state index contributed by atoms with van der Waals surface area (Å²) < 4.78 is 0. The maximum atomic E-state index is 9.20. The van der Waals surface area contributed by atoms with E-state index in [0.717, 1.165) is 32.2 Å². The molecule has 0 spiro atoms. The molecule has 0 saturated carbocycles. The monoisotopic (exact) mass is 291 g/mol. The first-order chi connectivity index (χ1) is 10.2. The van der Waals surface area contributed by atoms with Crippen molar-refractivity contribution >= 4 is 5.96 Å². The summed E-state index contributed by atoms with van der Waals surface area (Å²) in [4.78, 5) is 4.46. The molecule has 4 heteroatoms. The van der Waals surface area contributed by atoms with Gasteiger partial charge in [0, 0.05) is 19.7 Å². The van der Waals surface area contributed by atoms with Gasteiger partial charge in [-0.15, -0.1) is 0 Å². The Morgan fingerprint density at radius 2 is 1.90 bits per heavy atom. The van der Waals surface area contributed by atoms with E-state index in [0.29, 0.717) is 12.5 Å². The number of aliphatic imine (C=N–C) groups is 1. The Bertz CT molecular complexity index is 413. The molecular weight excluding hydrogens is 262 g/mol. The summed E-state index contributed by atoms with van der Waals surface area (Å²) in [5.74, 6) is 0.496. The fourth-order valence-corrected chi connectivity index (χ4v) is 2.43. The third-order valence-corrected chi connectivity index (χ3v) is 4.29. The number of aliphatic hydroxyl groups is 1. The number of hydrogen-bond donors (Lipinski definition) is 3. The topological polar surface area (TPSA) is 70.6 Å². The van der Waals surface area contributed by atoms with Gasteiger partial charge in [-0.2, -0.15) is 0 Å². The number of hydrogen-bond acceptors (Lipinski definition) is 2. The third-order valence-electron chi connectivity index (χ3n) is 4.29. The van der Waals surface area contributed by atoms with Gasteiger partial charge in [-0.1, -0.05) is 44.2 Å². The zero-order chi connectivity index (χ0) is 15.6. The maximum absolute atomic E-state index is 9.20. The number of benzene rings is 1.